The molecule has 33 heavy (non-hydrogen) atoms. The molecule has 0 bridgehead atoms. The van der Waals surface area contributed by atoms with Gasteiger partial charge in [0.2, 0.25) is 5.91 Å². The molecule has 1 aromatic carbocycles. The Morgan fingerprint density at radius 1 is 1.15 bits per heavy atom. The third kappa shape index (κ3) is 5.67. The van der Waals surface area contributed by atoms with Crippen molar-refractivity contribution in [3.63, 3.8) is 0 Å². The Bertz CT molecular complexity index is 993. The number of imide groups is 1. The molecule has 4 amide bonds. The van der Waals surface area contributed by atoms with Crippen LogP contribution in [0.25, 0.3) is 10.9 Å². The smallest absolute Gasteiger partial charge is 0.324 e. The minimum absolute atomic E-state index is 0.0335. The Morgan fingerprint density at radius 3 is 2.67 bits per heavy atom. The molecule has 0 radical (unpaired) electrons. The third-order valence-corrected chi connectivity index (χ3v) is 6.82. The number of methoxy groups -OCH3 is 1. The maximum absolute atomic E-state index is 12.8. The molecule has 4 rings (SSSR count). The van der Waals surface area contributed by atoms with Gasteiger partial charge in [-0.3, -0.25) is 14.5 Å². The molecule has 0 spiro atoms. The van der Waals surface area contributed by atoms with Crippen LogP contribution in [0, 0.1) is 0 Å². The Kier molecular flexibility index (Phi) is 7.52. The van der Waals surface area contributed by atoms with Gasteiger partial charge in [0.15, 0.2) is 0 Å². The maximum atomic E-state index is 12.8. The molecule has 178 valence electrons. The first-order chi connectivity index (χ1) is 16.0. The molecule has 2 aromatic rings. The summed E-state index contributed by atoms with van der Waals surface area (Å²) in [6.07, 6.45) is 11.1. The van der Waals surface area contributed by atoms with E-state index in [1.54, 1.807) is 7.11 Å². The number of aromatic nitrogens is 1. The summed E-state index contributed by atoms with van der Waals surface area (Å²) in [6.45, 7) is 0.291. The first-order valence-corrected chi connectivity index (χ1v) is 12.1. The van der Waals surface area contributed by atoms with Gasteiger partial charge in [-0.1, -0.05) is 32.1 Å². The van der Waals surface area contributed by atoms with E-state index >= 15 is 0 Å². The summed E-state index contributed by atoms with van der Waals surface area (Å²) in [7, 11) is 1.62. The van der Waals surface area contributed by atoms with Crippen molar-refractivity contribution in [2.75, 3.05) is 13.7 Å². The number of carbonyl (C=O) groups excluding carboxylic acids is 3. The van der Waals surface area contributed by atoms with Crippen LogP contribution in [-0.2, 0) is 16.0 Å². The normalized spacial score (nSPS) is 19.9. The van der Waals surface area contributed by atoms with E-state index in [2.05, 4.69) is 15.6 Å². The van der Waals surface area contributed by atoms with Crippen molar-refractivity contribution in [2.45, 2.75) is 76.3 Å². The lowest BCUT2D eigenvalue weighted by molar-refractivity contribution is -0.127. The highest BCUT2D eigenvalue weighted by molar-refractivity contribution is 6.04. The van der Waals surface area contributed by atoms with Gasteiger partial charge in [0.05, 0.1) is 7.11 Å². The minimum Gasteiger partial charge on any atom is -0.497 e. The second-order valence-electron chi connectivity index (χ2n) is 9.12. The van der Waals surface area contributed by atoms with E-state index < -0.39 is 6.04 Å². The van der Waals surface area contributed by atoms with E-state index in [4.69, 9.17) is 4.74 Å². The lowest BCUT2D eigenvalue weighted by Crippen LogP contribution is -2.37. The number of aromatic amines is 1. The summed E-state index contributed by atoms with van der Waals surface area (Å²) in [6, 6.07) is 5.00. The van der Waals surface area contributed by atoms with Crippen LogP contribution in [0.5, 0.6) is 5.75 Å². The van der Waals surface area contributed by atoms with Crippen molar-refractivity contribution < 1.29 is 19.1 Å². The highest BCUT2D eigenvalue weighted by atomic mass is 16.5. The average Bonchev–Trinajstić information content (AvgIpc) is 3.32. The fraction of sp³-hybridized carbons (Fsp3) is 0.560. The largest absolute Gasteiger partial charge is 0.497 e. The second-order valence-corrected chi connectivity index (χ2v) is 9.12. The number of hydrogen-bond donors (Lipinski definition) is 3. The fourth-order valence-corrected chi connectivity index (χ4v) is 4.88. The van der Waals surface area contributed by atoms with Gasteiger partial charge in [0, 0.05) is 36.1 Å². The molecule has 1 atom stereocenters. The van der Waals surface area contributed by atoms with Crippen molar-refractivity contribution in [3.8, 4) is 5.75 Å². The van der Waals surface area contributed by atoms with Crippen LogP contribution in [0.15, 0.2) is 24.4 Å². The van der Waals surface area contributed by atoms with E-state index in [9.17, 15) is 14.4 Å². The summed E-state index contributed by atoms with van der Waals surface area (Å²) in [5, 5.41) is 6.89. The summed E-state index contributed by atoms with van der Waals surface area (Å²) in [5.41, 5.74) is 2.00. The van der Waals surface area contributed by atoms with Crippen molar-refractivity contribution in [1.29, 1.82) is 0 Å². The van der Waals surface area contributed by atoms with Gasteiger partial charge in [-0.2, -0.15) is 0 Å². The van der Waals surface area contributed by atoms with Gasteiger partial charge in [-0.25, -0.2) is 4.79 Å². The summed E-state index contributed by atoms with van der Waals surface area (Å²) >= 11 is 0. The predicted octanol–water partition coefficient (Wildman–Crippen LogP) is 3.65. The van der Waals surface area contributed by atoms with Gasteiger partial charge >= 0.3 is 6.03 Å². The Morgan fingerprint density at radius 2 is 1.91 bits per heavy atom. The number of hydrogen-bond acceptors (Lipinski definition) is 4. The molecular weight excluding hydrogens is 420 g/mol. The molecule has 8 nitrogen and oxygen atoms in total. The maximum Gasteiger partial charge on any atom is 0.324 e. The zero-order valence-electron chi connectivity index (χ0n) is 19.3. The van der Waals surface area contributed by atoms with E-state index in [0.29, 0.717) is 19.4 Å². The number of carbonyl (C=O) groups is 3. The van der Waals surface area contributed by atoms with Gasteiger partial charge in [0.25, 0.3) is 5.91 Å². The SMILES string of the molecule is COc1ccc2[nH]cc(CCN3C(=O)N[C@@H](CCC(=O)NC4CCCCCCC4)C3=O)c2c1. The number of nitrogens with one attached hydrogen (secondary N) is 3. The topological polar surface area (TPSA) is 104 Å². The highest BCUT2D eigenvalue weighted by Gasteiger charge is 2.37. The van der Waals surface area contributed by atoms with E-state index in [1.807, 2.05) is 24.4 Å². The predicted molar refractivity (Wildman–Crippen MR) is 126 cm³/mol. The van der Waals surface area contributed by atoms with Gasteiger partial charge in [0.1, 0.15) is 11.8 Å². The Labute approximate surface area is 194 Å². The quantitative estimate of drug-likeness (QED) is 0.530. The Balaban J connectivity index is 1.27. The average molecular weight is 455 g/mol. The zero-order chi connectivity index (χ0) is 23.2. The van der Waals surface area contributed by atoms with Gasteiger partial charge in [-0.15, -0.1) is 0 Å². The van der Waals surface area contributed by atoms with Gasteiger partial charge < -0.3 is 20.4 Å². The molecular formula is C25H34N4O4. The molecule has 1 aliphatic carbocycles. The Hall–Kier alpha value is -3.03. The fourth-order valence-electron chi connectivity index (χ4n) is 4.88. The van der Waals surface area contributed by atoms with Crippen LogP contribution in [0.1, 0.15) is 63.4 Å². The molecule has 8 heteroatoms. The first-order valence-electron chi connectivity index (χ1n) is 12.1. The van der Waals surface area contributed by atoms with Crippen LogP contribution < -0.4 is 15.4 Å². The molecule has 2 fully saturated rings. The second kappa shape index (κ2) is 10.7. The van der Waals surface area contributed by atoms with Crippen LogP contribution >= 0.6 is 0 Å². The molecule has 1 saturated carbocycles. The summed E-state index contributed by atoms with van der Waals surface area (Å²) in [5.74, 6) is 0.473. The van der Waals surface area contributed by atoms with Crippen molar-refractivity contribution in [1.82, 2.24) is 20.5 Å². The van der Waals surface area contributed by atoms with E-state index in [1.165, 1.54) is 24.2 Å². The monoisotopic (exact) mass is 454 g/mol. The molecule has 1 aliphatic heterocycles. The lowest BCUT2D eigenvalue weighted by Gasteiger charge is -2.21. The minimum atomic E-state index is -0.636. The number of fused-ring (bicyclic) bond motifs is 1. The number of H-pyrrole nitrogens is 1. The number of amides is 4. The summed E-state index contributed by atoms with van der Waals surface area (Å²) in [4.78, 5) is 42.1. The summed E-state index contributed by atoms with van der Waals surface area (Å²) < 4.78 is 5.30. The first kappa shape index (κ1) is 23.1. The van der Waals surface area contributed by atoms with Crippen molar-refractivity contribution >= 4 is 28.7 Å². The molecule has 0 unspecified atom stereocenters. The number of nitrogens with zero attached hydrogens (tertiary/aromatic N) is 1. The van der Waals surface area contributed by atoms with Crippen LogP contribution in [0.3, 0.4) is 0 Å². The zero-order valence-corrected chi connectivity index (χ0v) is 19.3. The van der Waals surface area contributed by atoms with Crippen LogP contribution in [0.2, 0.25) is 0 Å². The molecule has 1 aromatic heterocycles. The standard InChI is InChI=1S/C25H34N4O4/c1-33-19-9-10-21-20(15-19)17(16-26-21)13-14-29-24(31)22(28-25(29)32)11-12-23(30)27-18-7-5-3-2-4-6-8-18/h9-10,15-16,18,22,26H,2-8,11-14H2,1H3,(H,27,30)(H,28,32)/t22-/m0/s1. The molecule has 2 heterocycles. The lowest BCUT2D eigenvalue weighted by atomic mass is 9.96. The van der Waals surface area contributed by atoms with E-state index in [-0.39, 0.29) is 30.3 Å². The van der Waals surface area contributed by atoms with Crippen LogP contribution in [0.4, 0.5) is 4.79 Å². The van der Waals surface area contributed by atoms with Crippen molar-refractivity contribution in [3.05, 3.63) is 30.0 Å². The third-order valence-electron chi connectivity index (χ3n) is 6.82. The van der Waals surface area contributed by atoms with Crippen molar-refractivity contribution in [2.24, 2.45) is 0 Å². The molecule has 2 aliphatic rings. The van der Waals surface area contributed by atoms with Crippen LogP contribution in [-0.4, -0.2) is 53.5 Å². The number of benzene rings is 1. The number of rotatable bonds is 8. The van der Waals surface area contributed by atoms with E-state index in [0.717, 1.165) is 47.9 Å². The highest BCUT2D eigenvalue weighted by Crippen LogP contribution is 2.24. The number of urea groups is 1. The van der Waals surface area contributed by atoms with Gasteiger partial charge in [-0.05, 0) is 49.4 Å². The number of ether oxygens (including phenoxy) is 1. The molecule has 1 saturated heterocycles. The molecule has 3 N–H and O–H groups in total.